The molecule has 0 aromatic carbocycles. The Kier molecular flexibility index (Phi) is 3.03. The van der Waals surface area contributed by atoms with Crippen LogP contribution in [0.2, 0.25) is 0 Å². The third-order valence-corrected chi connectivity index (χ3v) is 7.48. The first-order valence-corrected chi connectivity index (χ1v) is 8.70. The van der Waals surface area contributed by atoms with E-state index in [1.54, 1.807) is 0 Å². The molecule has 3 fully saturated rings. The van der Waals surface area contributed by atoms with Crippen LogP contribution >= 0.6 is 0 Å². The van der Waals surface area contributed by atoms with E-state index in [2.05, 4.69) is 19.9 Å². The van der Waals surface area contributed by atoms with Crippen molar-refractivity contribution in [3.63, 3.8) is 0 Å². The lowest BCUT2D eigenvalue weighted by Crippen LogP contribution is -2.53. The molecule has 22 heavy (non-hydrogen) atoms. The summed E-state index contributed by atoms with van der Waals surface area (Å²) in [7, 11) is 0. The minimum Gasteiger partial charge on any atom is -0.393 e. The summed E-state index contributed by atoms with van der Waals surface area (Å²) in [6.45, 7) is 4.53. The van der Waals surface area contributed by atoms with Crippen LogP contribution in [0.5, 0.6) is 0 Å². The van der Waals surface area contributed by atoms with E-state index < -0.39 is 6.10 Å². The van der Waals surface area contributed by atoms with Crippen LogP contribution in [0, 0.1) is 34.0 Å². The fraction of sp³-hybridized carbons (Fsp3) is 0.737. The summed E-state index contributed by atoms with van der Waals surface area (Å²) < 4.78 is 0. The van der Waals surface area contributed by atoms with Gasteiger partial charge < -0.3 is 15.6 Å². The molecular formula is C19H27NO2. The van der Waals surface area contributed by atoms with Crippen LogP contribution in [0.1, 0.15) is 46.0 Å². The van der Waals surface area contributed by atoms with Crippen molar-refractivity contribution in [2.75, 3.05) is 0 Å². The number of hydrogen-bond acceptors (Lipinski definition) is 3. The van der Waals surface area contributed by atoms with Crippen LogP contribution in [0.4, 0.5) is 0 Å². The maximum atomic E-state index is 10.5. The molecule has 0 aromatic heterocycles. The van der Waals surface area contributed by atoms with E-state index in [9.17, 15) is 10.2 Å². The summed E-state index contributed by atoms with van der Waals surface area (Å²) in [6, 6.07) is 0. The lowest BCUT2D eigenvalue weighted by molar-refractivity contribution is -0.0348. The van der Waals surface area contributed by atoms with Crippen LogP contribution in [-0.4, -0.2) is 28.1 Å². The molecule has 0 amide bonds. The van der Waals surface area contributed by atoms with Gasteiger partial charge in [0.05, 0.1) is 12.2 Å². The summed E-state index contributed by atoms with van der Waals surface area (Å²) in [5.41, 5.74) is 2.06. The molecule has 3 saturated carbocycles. The monoisotopic (exact) mass is 301 g/mol. The average Bonchev–Trinajstić information content (AvgIpc) is 2.77. The highest BCUT2D eigenvalue weighted by Gasteiger charge is 2.59. The molecule has 0 saturated heterocycles. The standard InChI is InChI=1S/C19H27NO2/c1-18-7-5-12(21)9-11(18)10-15(20)17-13-3-4-16(22)19(13,2)8-6-14(17)18/h5,7,9,12-14,16-17,20-22H,3-4,6,8,10H2,1-2H3/t12?,13-,14+,16?,17-,18-,19-/m0/s1. The van der Waals surface area contributed by atoms with Crippen molar-refractivity contribution in [2.45, 2.75) is 58.2 Å². The molecule has 4 aliphatic carbocycles. The van der Waals surface area contributed by atoms with Gasteiger partial charge in [0.2, 0.25) is 0 Å². The minimum atomic E-state index is -0.491. The van der Waals surface area contributed by atoms with E-state index >= 15 is 0 Å². The molecule has 3 heteroatoms. The van der Waals surface area contributed by atoms with Gasteiger partial charge >= 0.3 is 0 Å². The summed E-state index contributed by atoms with van der Waals surface area (Å²) >= 11 is 0. The van der Waals surface area contributed by atoms with Crippen LogP contribution < -0.4 is 0 Å². The van der Waals surface area contributed by atoms with Crippen LogP contribution in [0.25, 0.3) is 0 Å². The number of aliphatic hydroxyl groups is 2. The number of allylic oxidation sites excluding steroid dienone is 2. The summed E-state index contributed by atoms with van der Waals surface area (Å²) in [5.74, 6) is 1.21. The van der Waals surface area contributed by atoms with Crippen molar-refractivity contribution < 1.29 is 10.2 Å². The topological polar surface area (TPSA) is 64.3 Å². The largest absolute Gasteiger partial charge is 0.393 e. The molecule has 0 heterocycles. The Morgan fingerprint density at radius 2 is 1.91 bits per heavy atom. The SMILES string of the molecule is C[C@]12C=CC(O)C=C1CC(=N)[C@@H]1[C@H]2CC[C@]2(C)C(O)CC[C@@H]12. The van der Waals surface area contributed by atoms with Crippen LogP contribution in [0.3, 0.4) is 0 Å². The Labute approximate surface area is 132 Å². The van der Waals surface area contributed by atoms with E-state index in [0.29, 0.717) is 24.2 Å². The second kappa shape index (κ2) is 4.55. The predicted molar refractivity (Wildman–Crippen MR) is 86.7 cm³/mol. The second-order valence-corrected chi connectivity index (χ2v) is 8.40. The van der Waals surface area contributed by atoms with E-state index in [-0.39, 0.29) is 16.9 Å². The van der Waals surface area contributed by atoms with Gasteiger partial charge in [-0.1, -0.05) is 37.6 Å². The minimum absolute atomic E-state index is 0.00292. The maximum absolute atomic E-state index is 10.5. The quantitative estimate of drug-likeness (QED) is 0.602. The highest BCUT2D eigenvalue weighted by molar-refractivity contribution is 5.89. The Morgan fingerprint density at radius 1 is 1.14 bits per heavy atom. The molecule has 0 spiro atoms. The van der Waals surface area contributed by atoms with Gasteiger partial charge in [-0.15, -0.1) is 0 Å². The van der Waals surface area contributed by atoms with E-state index in [1.807, 2.05) is 12.2 Å². The van der Waals surface area contributed by atoms with Gasteiger partial charge in [0.15, 0.2) is 0 Å². The van der Waals surface area contributed by atoms with Gasteiger partial charge in [-0.25, -0.2) is 0 Å². The molecule has 7 atom stereocenters. The molecule has 3 nitrogen and oxygen atoms in total. The van der Waals surface area contributed by atoms with Crippen LogP contribution in [-0.2, 0) is 0 Å². The van der Waals surface area contributed by atoms with Crippen molar-refractivity contribution >= 4 is 5.71 Å². The molecule has 120 valence electrons. The van der Waals surface area contributed by atoms with Gasteiger partial charge in [-0.05, 0) is 42.9 Å². The zero-order valence-corrected chi connectivity index (χ0v) is 13.5. The van der Waals surface area contributed by atoms with Gasteiger partial charge in [0.1, 0.15) is 0 Å². The van der Waals surface area contributed by atoms with Gasteiger partial charge in [0, 0.05) is 23.5 Å². The van der Waals surface area contributed by atoms with E-state index in [1.165, 1.54) is 5.57 Å². The normalized spacial score (nSPS) is 53.5. The third kappa shape index (κ3) is 1.73. The molecular weight excluding hydrogens is 274 g/mol. The molecule has 0 radical (unpaired) electrons. The Balaban J connectivity index is 1.75. The fourth-order valence-electron chi connectivity index (χ4n) is 6.05. The number of fused-ring (bicyclic) bond motifs is 5. The first-order valence-electron chi connectivity index (χ1n) is 8.70. The Morgan fingerprint density at radius 3 is 2.68 bits per heavy atom. The maximum Gasteiger partial charge on any atom is 0.0905 e. The second-order valence-electron chi connectivity index (χ2n) is 8.40. The van der Waals surface area contributed by atoms with E-state index in [0.717, 1.165) is 31.4 Å². The predicted octanol–water partition coefficient (Wildman–Crippen LogP) is 3.08. The Bertz CT molecular complexity index is 580. The zero-order valence-electron chi connectivity index (χ0n) is 13.5. The molecule has 2 unspecified atom stereocenters. The zero-order chi connectivity index (χ0) is 15.7. The summed E-state index contributed by atoms with van der Waals surface area (Å²) in [5, 5.41) is 29.0. The van der Waals surface area contributed by atoms with Gasteiger partial charge in [-0.3, -0.25) is 0 Å². The average molecular weight is 301 g/mol. The third-order valence-electron chi connectivity index (χ3n) is 7.48. The summed E-state index contributed by atoms with van der Waals surface area (Å²) in [4.78, 5) is 0. The Hall–Kier alpha value is -0.930. The van der Waals surface area contributed by atoms with Crippen molar-refractivity contribution in [3.05, 3.63) is 23.8 Å². The van der Waals surface area contributed by atoms with Crippen LogP contribution in [0.15, 0.2) is 23.8 Å². The van der Waals surface area contributed by atoms with Crippen molar-refractivity contribution in [1.29, 1.82) is 5.41 Å². The highest BCUT2D eigenvalue weighted by atomic mass is 16.3. The lowest BCUT2D eigenvalue weighted by Gasteiger charge is -2.56. The molecule has 4 aliphatic rings. The van der Waals surface area contributed by atoms with Crippen molar-refractivity contribution in [1.82, 2.24) is 0 Å². The first kappa shape index (κ1) is 14.6. The lowest BCUT2D eigenvalue weighted by atomic mass is 9.48. The fourth-order valence-corrected chi connectivity index (χ4v) is 6.05. The number of hydrogen-bond donors (Lipinski definition) is 3. The number of nitrogens with one attached hydrogen (secondary N) is 1. The number of rotatable bonds is 0. The molecule has 3 N–H and O–H groups in total. The smallest absolute Gasteiger partial charge is 0.0905 e. The summed E-state index contributed by atoms with van der Waals surface area (Å²) in [6.07, 6.45) is 10.2. The van der Waals surface area contributed by atoms with Gasteiger partial charge in [0.25, 0.3) is 0 Å². The molecule has 0 bridgehead atoms. The van der Waals surface area contributed by atoms with Crippen molar-refractivity contribution in [3.8, 4) is 0 Å². The van der Waals surface area contributed by atoms with E-state index in [4.69, 9.17) is 5.41 Å². The molecule has 0 aliphatic heterocycles. The molecule has 0 aromatic rings. The first-order chi connectivity index (χ1) is 10.4. The number of aliphatic hydroxyl groups excluding tert-OH is 2. The van der Waals surface area contributed by atoms with Gasteiger partial charge in [-0.2, -0.15) is 0 Å². The highest BCUT2D eigenvalue weighted by Crippen LogP contribution is 2.63. The van der Waals surface area contributed by atoms with Crippen molar-refractivity contribution in [2.24, 2.45) is 28.6 Å². The molecule has 4 rings (SSSR count).